The van der Waals surface area contributed by atoms with Crippen molar-refractivity contribution in [1.29, 1.82) is 0 Å². The number of hydrogen-bond donors (Lipinski definition) is 0. The summed E-state index contributed by atoms with van der Waals surface area (Å²) in [6, 6.07) is 5.55. The second kappa shape index (κ2) is 6.18. The molecular formula is C13H11BrCl2N2O. The Labute approximate surface area is 130 Å². The van der Waals surface area contributed by atoms with Gasteiger partial charge in [-0.1, -0.05) is 23.2 Å². The minimum absolute atomic E-state index is 0.364. The summed E-state index contributed by atoms with van der Waals surface area (Å²) < 4.78 is 5.76. The predicted molar refractivity (Wildman–Crippen MR) is 80.6 cm³/mol. The van der Waals surface area contributed by atoms with Crippen molar-refractivity contribution in [3.05, 3.63) is 44.1 Å². The third-order valence-electron chi connectivity index (χ3n) is 2.59. The van der Waals surface area contributed by atoms with E-state index in [9.17, 15) is 0 Å². The van der Waals surface area contributed by atoms with Gasteiger partial charge >= 0.3 is 0 Å². The number of ether oxygens (including phenoxy) is 1. The average molecular weight is 362 g/mol. The number of aryl methyl sites for hydroxylation is 1. The topological polar surface area (TPSA) is 35.0 Å². The number of rotatable bonds is 3. The van der Waals surface area contributed by atoms with Gasteiger partial charge in [0.2, 0.25) is 0 Å². The van der Waals surface area contributed by atoms with Crippen molar-refractivity contribution in [2.75, 3.05) is 7.11 Å². The van der Waals surface area contributed by atoms with Crippen LogP contribution in [-0.2, 0) is 11.3 Å². The summed E-state index contributed by atoms with van der Waals surface area (Å²) in [5.74, 6) is 0.564. The first-order valence-corrected chi connectivity index (χ1v) is 7.05. The molecule has 0 atom stereocenters. The molecule has 1 aromatic carbocycles. The molecule has 0 unspecified atom stereocenters. The number of halogens is 3. The maximum atomic E-state index is 6.11. The van der Waals surface area contributed by atoms with Gasteiger partial charge < -0.3 is 4.74 Å². The van der Waals surface area contributed by atoms with E-state index in [1.54, 1.807) is 13.2 Å². The molecule has 0 saturated carbocycles. The lowest BCUT2D eigenvalue weighted by Crippen LogP contribution is -2.00. The first kappa shape index (κ1) is 14.7. The highest BCUT2D eigenvalue weighted by Crippen LogP contribution is 2.29. The van der Waals surface area contributed by atoms with Crippen molar-refractivity contribution < 1.29 is 4.74 Å². The molecule has 2 rings (SSSR count). The minimum Gasteiger partial charge on any atom is -0.378 e. The number of hydrogen-bond acceptors (Lipinski definition) is 3. The number of aromatic nitrogens is 2. The van der Waals surface area contributed by atoms with Crippen LogP contribution in [0, 0.1) is 6.92 Å². The van der Waals surface area contributed by atoms with Crippen LogP contribution >= 0.6 is 39.1 Å². The van der Waals surface area contributed by atoms with Crippen LogP contribution in [0.1, 0.15) is 11.3 Å². The molecule has 0 fully saturated rings. The van der Waals surface area contributed by atoms with E-state index in [0.29, 0.717) is 32.8 Å². The fraction of sp³-hybridized carbons (Fsp3) is 0.231. The van der Waals surface area contributed by atoms with E-state index in [2.05, 4.69) is 25.9 Å². The van der Waals surface area contributed by atoms with Gasteiger partial charge in [-0.2, -0.15) is 0 Å². The van der Waals surface area contributed by atoms with E-state index in [0.717, 1.165) is 11.1 Å². The summed E-state index contributed by atoms with van der Waals surface area (Å²) >= 11 is 15.4. The van der Waals surface area contributed by atoms with Crippen LogP contribution in [0.25, 0.3) is 11.4 Å². The van der Waals surface area contributed by atoms with Crippen LogP contribution in [-0.4, -0.2) is 17.1 Å². The molecule has 6 heteroatoms. The molecule has 0 radical (unpaired) electrons. The maximum Gasteiger partial charge on any atom is 0.161 e. The second-order valence-electron chi connectivity index (χ2n) is 3.99. The number of methoxy groups -OCH3 is 1. The summed E-state index contributed by atoms with van der Waals surface area (Å²) in [6.45, 7) is 2.32. The number of nitrogens with zero attached hydrogens (tertiary/aromatic N) is 2. The standard InChI is InChI=1S/C13H11BrCl2N2O/c1-7-5-8(15)3-4-9(7)13-17-10(6-19-2)11(14)12(16)18-13/h3-5H,6H2,1-2H3. The lowest BCUT2D eigenvalue weighted by molar-refractivity contribution is 0.181. The van der Waals surface area contributed by atoms with Gasteiger partial charge in [0, 0.05) is 17.7 Å². The minimum atomic E-state index is 0.364. The van der Waals surface area contributed by atoms with E-state index in [1.165, 1.54) is 0 Å². The Balaban J connectivity index is 2.56. The van der Waals surface area contributed by atoms with Gasteiger partial charge in [0.05, 0.1) is 16.8 Å². The molecule has 0 N–H and O–H groups in total. The van der Waals surface area contributed by atoms with Gasteiger partial charge in [0.25, 0.3) is 0 Å². The third-order valence-corrected chi connectivity index (χ3v) is 4.16. The highest BCUT2D eigenvalue weighted by atomic mass is 79.9. The smallest absolute Gasteiger partial charge is 0.161 e. The van der Waals surface area contributed by atoms with Crippen molar-refractivity contribution >= 4 is 39.1 Å². The molecule has 0 aliphatic rings. The van der Waals surface area contributed by atoms with Gasteiger partial charge in [-0.25, -0.2) is 9.97 Å². The van der Waals surface area contributed by atoms with Gasteiger partial charge in [-0.05, 0) is 46.6 Å². The second-order valence-corrected chi connectivity index (χ2v) is 5.58. The predicted octanol–water partition coefficient (Wildman–Crippen LogP) is 4.67. The van der Waals surface area contributed by atoms with E-state index >= 15 is 0 Å². The van der Waals surface area contributed by atoms with Crippen molar-refractivity contribution in [1.82, 2.24) is 9.97 Å². The van der Waals surface area contributed by atoms with Crippen LogP contribution in [0.2, 0.25) is 10.2 Å². The monoisotopic (exact) mass is 360 g/mol. The summed E-state index contributed by atoms with van der Waals surface area (Å²) in [6.07, 6.45) is 0. The van der Waals surface area contributed by atoms with E-state index < -0.39 is 0 Å². The summed E-state index contributed by atoms with van der Waals surface area (Å²) in [5.41, 5.74) is 2.61. The molecule has 2 aromatic rings. The first-order chi connectivity index (χ1) is 9.02. The Morgan fingerprint density at radius 3 is 2.63 bits per heavy atom. The fourth-order valence-electron chi connectivity index (χ4n) is 1.69. The first-order valence-electron chi connectivity index (χ1n) is 5.50. The van der Waals surface area contributed by atoms with Crippen molar-refractivity contribution in [2.45, 2.75) is 13.5 Å². The van der Waals surface area contributed by atoms with Gasteiger partial charge in [-0.3, -0.25) is 0 Å². The van der Waals surface area contributed by atoms with Gasteiger partial charge in [0.15, 0.2) is 5.82 Å². The molecule has 0 aliphatic carbocycles. The molecule has 0 aliphatic heterocycles. The Morgan fingerprint density at radius 2 is 2.00 bits per heavy atom. The Hall–Kier alpha value is -0.680. The van der Waals surface area contributed by atoms with Crippen molar-refractivity contribution in [2.24, 2.45) is 0 Å². The van der Waals surface area contributed by atoms with E-state index in [1.807, 2.05) is 19.1 Å². The van der Waals surface area contributed by atoms with E-state index in [4.69, 9.17) is 27.9 Å². The van der Waals surface area contributed by atoms with Crippen molar-refractivity contribution in [3.63, 3.8) is 0 Å². The molecule has 0 saturated heterocycles. The molecule has 1 heterocycles. The van der Waals surface area contributed by atoms with Crippen LogP contribution in [0.15, 0.2) is 22.7 Å². The summed E-state index contributed by atoms with van der Waals surface area (Å²) in [5, 5.41) is 1.05. The Morgan fingerprint density at radius 1 is 1.26 bits per heavy atom. The SMILES string of the molecule is COCc1nc(-c2ccc(Cl)cc2C)nc(Cl)c1Br. The quantitative estimate of drug-likeness (QED) is 0.745. The zero-order chi connectivity index (χ0) is 14.0. The average Bonchev–Trinajstić information content (AvgIpc) is 2.35. The lowest BCUT2D eigenvalue weighted by atomic mass is 10.1. The largest absolute Gasteiger partial charge is 0.378 e. The highest BCUT2D eigenvalue weighted by molar-refractivity contribution is 9.10. The fourth-order valence-corrected chi connectivity index (χ4v) is 2.40. The van der Waals surface area contributed by atoms with Crippen molar-refractivity contribution in [3.8, 4) is 11.4 Å². The van der Waals surface area contributed by atoms with Gasteiger partial charge in [0.1, 0.15) is 5.15 Å². The molecule has 0 spiro atoms. The maximum absolute atomic E-state index is 6.11. The normalized spacial score (nSPS) is 10.8. The Kier molecular flexibility index (Phi) is 4.79. The molecule has 3 nitrogen and oxygen atoms in total. The van der Waals surface area contributed by atoms with Crippen LogP contribution in [0.3, 0.4) is 0 Å². The lowest BCUT2D eigenvalue weighted by Gasteiger charge is -2.09. The molecule has 0 amide bonds. The molecule has 19 heavy (non-hydrogen) atoms. The van der Waals surface area contributed by atoms with Crippen LogP contribution in [0.4, 0.5) is 0 Å². The number of benzene rings is 1. The Bertz CT molecular complexity index is 620. The van der Waals surface area contributed by atoms with Crippen LogP contribution < -0.4 is 0 Å². The molecule has 100 valence electrons. The van der Waals surface area contributed by atoms with Gasteiger partial charge in [-0.15, -0.1) is 0 Å². The molecule has 1 aromatic heterocycles. The summed E-state index contributed by atoms with van der Waals surface area (Å²) in [4.78, 5) is 8.76. The highest BCUT2D eigenvalue weighted by Gasteiger charge is 2.13. The van der Waals surface area contributed by atoms with Crippen LogP contribution in [0.5, 0.6) is 0 Å². The zero-order valence-electron chi connectivity index (χ0n) is 10.4. The molecule has 0 bridgehead atoms. The van der Waals surface area contributed by atoms with E-state index in [-0.39, 0.29) is 0 Å². The molecular weight excluding hydrogens is 351 g/mol. The third kappa shape index (κ3) is 3.26. The summed E-state index contributed by atoms with van der Waals surface area (Å²) in [7, 11) is 1.61. The zero-order valence-corrected chi connectivity index (χ0v) is 13.5.